The molecule has 20 heavy (non-hydrogen) atoms. The molecule has 0 radical (unpaired) electrons. The predicted molar refractivity (Wildman–Crippen MR) is 81.3 cm³/mol. The largest absolute Gasteiger partial charge is 0.291 e. The van der Waals surface area contributed by atoms with E-state index in [1.807, 2.05) is 26.0 Å². The van der Waals surface area contributed by atoms with Crippen LogP contribution >= 0.6 is 0 Å². The van der Waals surface area contributed by atoms with Crippen molar-refractivity contribution in [1.82, 2.24) is 9.97 Å². The van der Waals surface area contributed by atoms with Crippen LogP contribution in [0.2, 0.25) is 0 Å². The molecule has 0 saturated carbocycles. The van der Waals surface area contributed by atoms with Crippen molar-refractivity contribution in [1.29, 1.82) is 0 Å². The van der Waals surface area contributed by atoms with Gasteiger partial charge in [0, 0.05) is 17.3 Å². The molecule has 2 aromatic rings. The summed E-state index contributed by atoms with van der Waals surface area (Å²) in [6, 6.07) is 7.64. The molecule has 0 amide bonds. The molecule has 0 unspecified atom stereocenters. The van der Waals surface area contributed by atoms with Gasteiger partial charge >= 0.3 is 0 Å². The second-order valence-corrected chi connectivity index (χ2v) is 4.86. The predicted octanol–water partition coefficient (Wildman–Crippen LogP) is 2.53. The second-order valence-electron chi connectivity index (χ2n) is 4.86. The van der Waals surface area contributed by atoms with E-state index in [0.29, 0.717) is 11.6 Å². The average molecular weight is 270 g/mol. The van der Waals surface area contributed by atoms with Gasteiger partial charge in [-0.05, 0) is 33.3 Å². The maximum Gasteiger partial charge on any atom is 0.252 e. The third kappa shape index (κ3) is 3.32. The summed E-state index contributed by atoms with van der Waals surface area (Å²) >= 11 is 0. The summed E-state index contributed by atoms with van der Waals surface area (Å²) in [5.74, 6) is 0.346. The van der Waals surface area contributed by atoms with Crippen molar-refractivity contribution in [3.8, 4) is 0 Å². The maximum absolute atomic E-state index is 11.3. The number of rotatable bonds is 3. The molecule has 1 aromatic heterocycles. The van der Waals surface area contributed by atoms with E-state index in [9.17, 15) is 4.79 Å². The lowest BCUT2D eigenvalue weighted by Gasteiger charge is -2.07. The molecule has 0 atom stereocenters. The summed E-state index contributed by atoms with van der Waals surface area (Å²) in [6.07, 6.45) is 0. The number of hydrogen-bond donors (Lipinski definition) is 2. The van der Waals surface area contributed by atoms with E-state index in [1.165, 1.54) is 17.2 Å². The van der Waals surface area contributed by atoms with Crippen LogP contribution in [0.25, 0.3) is 0 Å². The number of aryl methyl sites for hydroxylation is 3. The number of benzene rings is 1. The number of nitrogens with one attached hydrogen (secondary N) is 2. The lowest BCUT2D eigenvalue weighted by molar-refractivity contribution is 1.04. The Bertz CT molecular complexity index is 716. The number of aromatic amines is 1. The zero-order valence-electron chi connectivity index (χ0n) is 12.1. The van der Waals surface area contributed by atoms with Crippen molar-refractivity contribution in [3.05, 3.63) is 57.0 Å². The fraction of sp³-hybridized carbons (Fsp3) is 0.267. The molecule has 0 aliphatic rings. The highest BCUT2D eigenvalue weighted by molar-refractivity contribution is 6.00. The third-order valence-corrected chi connectivity index (χ3v) is 2.97. The molecule has 2 N–H and O–H groups in total. The lowest BCUT2D eigenvalue weighted by atomic mass is 10.0. The highest BCUT2D eigenvalue weighted by Gasteiger charge is 2.03. The van der Waals surface area contributed by atoms with Crippen LogP contribution in [0.5, 0.6) is 0 Å². The van der Waals surface area contributed by atoms with E-state index >= 15 is 0 Å². The van der Waals surface area contributed by atoms with Gasteiger partial charge in [0.15, 0.2) is 0 Å². The molecule has 1 heterocycles. The number of nitrogens with zero attached hydrogens (tertiary/aromatic N) is 2. The number of hydrazone groups is 1. The highest BCUT2D eigenvalue weighted by Crippen LogP contribution is 2.11. The Kier molecular flexibility index (Phi) is 3.98. The minimum absolute atomic E-state index is 0.195. The normalized spacial score (nSPS) is 11.5. The molecule has 0 spiro atoms. The van der Waals surface area contributed by atoms with E-state index in [0.717, 1.165) is 11.3 Å². The van der Waals surface area contributed by atoms with Gasteiger partial charge in [0.05, 0.1) is 5.71 Å². The van der Waals surface area contributed by atoms with Crippen LogP contribution < -0.4 is 11.0 Å². The number of aromatic nitrogens is 2. The van der Waals surface area contributed by atoms with Crippen LogP contribution in [-0.4, -0.2) is 15.7 Å². The van der Waals surface area contributed by atoms with Crippen molar-refractivity contribution in [3.63, 3.8) is 0 Å². The van der Waals surface area contributed by atoms with Crippen LogP contribution in [0, 0.1) is 20.8 Å². The standard InChI is InChI=1S/C15H18N4O/c1-9-5-6-13(10(2)7-9)12(4)18-19-15-16-11(3)8-14(20)17-15/h5-8H,1-4H3,(H2,16,17,19,20)/b18-12-. The maximum atomic E-state index is 11.3. The van der Waals surface area contributed by atoms with Crippen LogP contribution in [0.1, 0.15) is 29.3 Å². The molecule has 0 aliphatic carbocycles. The Morgan fingerprint density at radius 1 is 1.25 bits per heavy atom. The summed E-state index contributed by atoms with van der Waals surface area (Å²) in [7, 11) is 0. The van der Waals surface area contributed by atoms with Gasteiger partial charge in [-0.15, -0.1) is 0 Å². The van der Waals surface area contributed by atoms with Crippen LogP contribution in [0.3, 0.4) is 0 Å². The minimum atomic E-state index is -0.195. The number of H-pyrrole nitrogens is 1. The van der Waals surface area contributed by atoms with Gasteiger partial charge in [-0.3, -0.25) is 9.78 Å². The third-order valence-electron chi connectivity index (χ3n) is 2.97. The Labute approximate surface area is 117 Å². The van der Waals surface area contributed by atoms with Crippen molar-refractivity contribution in [2.24, 2.45) is 5.10 Å². The molecule has 5 heteroatoms. The molecule has 5 nitrogen and oxygen atoms in total. The lowest BCUT2D eigenvalue weighted by Crippen LogP contribution is -2.11. The van der Waals surface area contributed by atoms with Crippen molar-refractivity contribution < 1.29 is 0 Å². The average Bonchev–Trinajstić information content (AvgIpc) is 2.35. The van der Waals surface area contributed by atoms with Gasteiger partial charge in [-0.1, -0.05) is 23.8 Å². The van der Waals surface area contributed by atoms with E-state index < -0.39 is 0 Å². The van der Waals surface area contributed by atoms with Crippen molar-refractivity contribution in [2.45, 2.75) is 27.7 Å². The van der Waals surface area contributed by atoms with E-state index in [4.69, 9.17) is 0 Å². The van der Waals surface area contributed by atoms with Gasteiger partial charge in [0.2, 0.25) is 5.95 Å². The summed E-state index contributed by atoms with van der Waals surface area (Å²) in [4.78, 5) is 18.1. The smallest absolute Gasteiger partial charge is 0.252 e. The summed E-state index contributed by atoms with van der Waals surface area (Å²) in [5, 5.41) is 4.27. The fourth-order valence-corrected chi connectivity index (χ4v) is 2.05. The number of hydrogen-bond acceptors (Lipinski definition) is 4. The summed E-state index contributed by atoms with van der Waals surface area (Å²) in [6.45, 7) is 7.79. The number of anilines is 1. The summed E-state index contributed by atoms with van der Waals surface area (Å²) < 4.78 is 0. The van der Waals surface area contributed by atoms with E-state index in [1.54, 1.807) is 6.92 Å². The second kappa shape index (κ2) is 5.69. The Morgan fingerprint density at radius 3 is 2.65 bits per heavy atom. The van der Waals surface area contributed by atoms with Crippen molar-refractivity contribution >= 4 is 11.7 Å². The zero-order valence-corrected chi connectivity index (χ0v) is 12.1. The zero-order chi connectivity index (χ0) is 14.7. The molecule has 0 fully saturated rings. The first-order chi connectivity index (χ1) is 9.45. The molecular weight excluding hydrogens is 252 g/mol. The summed E-state index contributed by atoms with van der Waals surface area (Å²) in [5.41, 5.74) is 7.53. The molecule has 2 rings (SSSR count). The first kappa shape index (κ1) is 14.0. The Morgan fingerprint density at radius 2 is 2.00 bits per heavy atom. The first-order valence-electron chi connectivity index (χ1n) is 6.41. The molecule has 0 bridgehead atoms. The van der Waals surface area contributed by atoms with Crippen LogP contribution in [-0.2, 0) is 0 Å². The van der Waals surface area contributed by atoms with Gasteiger partial charge in [-0.2, -0.15) is 5.10 Å². The van der Waals surface area contributed by atoms with Gasteiger partial charge in [-0.25, -0.2) is 10.4 Å². The Hall–Kier alpha value is -2.43. The van der Waals surface area contributed by atoms with E-state index in [2.05, 4.69) is 33.5 Å². The minimum Gasteiger partial charge on any atom is -0.291 e. The van der Waals surface area contributed by atoms with Gasteiger partial charge < -0.3 is 0 Å². The van der Waals surface area contributed by atoms with Gasteiger partial charge in [0.1, 0.15) is 0 Å². The molecule has 0 aliphatic heterocycles. The van der Waals surface area contributed by atoms with Crippen LogP contribution in [0.4, 0.5) is 5.95 Å². The topological polar surface area (TPSA) is 70.1 Å². The van der Waals surface area contributed by atoms with Crippen molar-refractivity contribution in [2.75, 3.05) is 5.43 Å². The van der Waals surface area contributed by atoms with Gasteiger partial charge in [0.25, 0.3) is 5.56 Å². The first-order valence-corrected chi connectivity index (χ1v) is 6.41. The Balaban J connectivity index is 2.24. The molecule has 1 aromatic carbocycles. The molecule has 0 saturated heterocycles. The monoisotopic (exact) mass is 270 g/mol. The highest BCUT2D eigenvalue weighted by atomic mass is 16.1. The fourth-order valence-electron chi connectivity index (χ4n) is 2.05. The SMILES string of the molecule is C/C(=N/Nc1nc(C)cc(=O)[nH]1)c1ccc(C)cc1C. The van der Waals surface area contributed by atoms with Crippen LogP contribution in [0.15, 0.2) is 34.2 Å². The quantitative estimate of drug-likeness (QED) is 0.665. The molecule has 104 valence electrons. The molecular formula is C15H18N4O. The van der Waals surface area contributed by atoms with E-state index in [-0.39, 0.29) is 5.56 Å².